The van der Waals surface area contributed by atoms with Crippen molar-refractivity contribution < 1.29 is 4.79 Å². The SMILES string of the molecule is Cn1cc(-c2cnc3[nH]cc(-c4ccc5c(c4)C4(CCNCC4)CC5=O)c3c2)cn1. The van der Waals surface area contributed by atoms with Crippen LogP contribution in [0.5, 0.6) is 0 Å². The van der Waals surface area contributed by atoms with Gasteiger partial charge in [-0.1, -0.05) is 12.1 Å². The highest BCUT2D eigenvalue weighted by atomic mass is 16.1. The monoisotopic (exact) mass is 397 g/mol. The van der Waals surface area contributed by atoms with Crippen molar-refractivity contribution in [2.24, 2.45) is 7.05 Å². The maximum atomic E-state index is 12.7. The fraction of sp³-hybridized carbons (Fsp3) is 0.292. The number of aromatic amines is 1. The van der Waals surface area contributed by atoms with Crippen molar-refractivity contribution in [1.82, 2.24) is 25.1 Å². The van der Waals surface area contributed by atoms with Crippen LogP contribution in [-0.2, 0) is 12.5 Å². The highest BCUT2D eigenvalue weighted by Gasteiger charge is 2.43. The van der Waals surface area contributed by atoms with Crippen LogP contribution in [0, 0.1) is 0 Å². The molecule has 2 aliphatic rings. The number of piperidine rings is 1. The second-order valence-corrected chi connectivity index (χ2v) is 8.62. The van der Waals surface area contributed by atoms with Crippen molar-refractivity contribution in [2.45, 2.75) is 24.7 Å². The summed E-state index contributed by atoms with van der Waals surface area (Å²) >= 11 is 0. The molecule has 150 valence electrons. The molecule has 2 N–H and O–H groups in total. The molecule has 6 nitrogen and oxygen atoms in total. The summed E-state index contributed by atoms with van der Waals surface area (Å²) in [4.78, 5) is 20.6. The highest BCUT2D eigenvalue weighted by molar-refractivity contribution is 6.04. The van der Waals surface area contributed by atoms with Gasteiger partial charge in [0.05, 0.1) is 6.20 Å². The van der Waals surface area contributed by atoms with Crippen LogP contribution in [0.3, 0.4) is 0 Å². The molecule has 1 aromatic carbocycles. The lowest BCUT2D eigenvalue weighted by molar-refractivity contribution is 0.0964. The summed E-state index contributed by atoms with van der Waals surface area (Å²) in [6, 6.07) is 8.53. The van der Waals surface area contributed by atoms with Crippen molar-refractivity contribution in [3.05, 3.63) is 60.2 Å². The molecule has 0 saturated carbocycles. The average molecular weight is 397 g/mol. The fourth-order valence-electron chi connectivity index (χ4n) is 5.21. The molecule has 0 radical (unpaired) electrons. The molecule has 3 aromatic heterocycles. The first kappa shape index (κ1) is 17.6. The van der Waals surface area contributed by atoms with Crippen LogP contribution >= 0.6 is 0 Å². The molecule has 4 heterocycles. The van der Waals surface area contributed by atoms with E-state index in [-0.39, 0.29) is 11.2 Å². The third-order valence-corrected chi connectivity index (χ3v) is 6.83. The van der Waals surface area contributed by atoms with Gasteiger partial charge in [-0.15, -0.1) is 0 Å². The molecule has 1 spiro atoms. The van der Waals surface area contributed by atoms with Crippen molar-refractivity contribution in [3.63, 3.8) is 0 Å². The van der Waals surface area contributed by atoms with Crippen LogP contribution in [0.1, 0.15) is 35.2 Å². The van der Waals surface area contributed by atoms with E-state index in [1.165, 1.54) is 5.56 Å². The number of ketones is 1. The van der Waals surface area contributed by atoms with Gasteiger partial charge in [0.2, 0.25) is 0 Å². The Hall–Kier alpha value is -3.25. The Labute approximate surface area is 174 Å². The maximum absolute atomic E-state index is 12.7. The molecular weight excluding hydrogens is 374 g/mol. The van der Waals surface area contributed by atoms with Crippen molar-refractivity contribution in [1.29, 1.82) is 0 Å². The Morgan fingerprint density at radius 3 is 2.70 bits per heavy atom. The van der Waals surface area contributed by atoms with Gasteiger partial charge < -0.3 is 10.3 Å². The molecule has 30 heavy (non-hydrogen) atoms. The van der Waals surface area contributed by atoms with E-state index in [0.717, 1.165) is 64.8 Å². The van der Waals surface area contributed by atoms with Crippen LogP contribution in [-0.4, -0.2) is 38.6 Å². The first-order chi connectivity index (χ1) is 14.6. The molecule has 6 heteroatoms. The van der Waals surface area contributed by atoms with E-state index in [1.54, 1.807) is 4.68 Å². The molecular formula is C24H23N5O. The van der Waals surface area contributed by atoms with E-state index in [0.29, 0.717) is 6.42 Å². The average Bonchev–Trinajstić information content (AvgIpc) is 3.45. The molecule has 1 aliphatic carbocycles. The van der Waals surface area contributed by atoms with E-state index in [4.69, 9.17) is 0 Å². The zero-order valence-electron chi connectivity index (χ0n) is 16.9. The number of nitrogens with one attached hydrogen (secondary N) is 2. The van der Waals surface area contributed by atoms with Gasteiger partial charge in [0.1, 0.15) is 5.65 Å². The van der Waals surface area contributed by atoms with Gasteiger partial charge in [0.15, 0.2) is 5.78 Å². The Morgan fingerprint density at radius 1 is 1.03 bits per heavy atom. The zero-order chi connectivity index (χ0) is 20.3. The van der Waals surface area contributed by atoms with Crippen LogP contribution in [0.25, 0.3) is 33.3 Å². The molecule has 4 aromatic rings. The Kier molecular flexibility index (Phi) is 3.74. The van der Waals surface area contributed by atoms with Gasteiger partial charge in [-0.05, 0) is 49.2 Å². The number of Topliss-reactive ketones (excluding diaryl/α,β-unsaturated/α-hetero) is 1. The molecule has 1 aliphatic heterocycles. The Bertz CT molecular complexity index is 1290. The number of hydrogen-bond acceptors (Lipinski definition) is 4. The quantitative estimate of drug-likeness (QED) is 0.539. The van der Waals surface area contributed by atoms with Crippen molar-refractivity contribution in [2.75, 3.05) is 13.1 Å². The third kappa shape index (κ3) is 2.57. The first-order valence-electron chi connectivity index (χ1n) is 10.5. The number of rotatable bonds is 2. The minimum absolute atomic E-state index is 0.00109. The largest absolute Gasteiger partial charge is 0.346 e. The number of aromatic nitrogens is 4. The lowest BCUT2D eigenvalue weighted by Crippen LogP contribution is -2.38. The normalized spacial score (nSPS) is 17.7. The number of aryl methyl sites for hydroxylation is 1. The summed E-state index contributed by atoms with van der Waals surface area (Å²) in [7, 11) is 1.92. The molecule has 0 bridgehead atoms. The Morgan fingerprint density at radius 2 is 1.90 bits per heavy atom. The van der Waals surface area contributed by atoms with E-state index < -0.39 is 0 Å². The van der Waals surface area contributed by atoms with E-state index >= 15 is 0 Å². The van der Waals surface area contributed by atoms with Crippen molar-refractivity contribution >= 4 is 16.8 Å². The number of nitrogens with zero attached hydrogens (tertiary/aromatic N) is 3. The van der Waals surface area contributed by atoms with E-state index in [2.05, 4.69) is 38.6 Å². The predicted molar refractivity (Wildman–Crippen MR) is 116 cm³/mol. The van der Waals surface area contributed by atoms with Gasteiger partial charge in [-0.25, -0.2) is 4.98 Å². The van der Waals surface area contributed by atoms with Gasteiger partial charge >= 0.3 is 0 Å². The number of benzene rings is 1. The minimum Gasteiger partial charge on any atom is -0.346 e. The third-order valence-electron chi connectivity index (χ3n) is 6.83. The fourth-order valence-corrected chi connectivity index (χ4v) is 5.21. The van der Waals surface area contributed by atoms with E-state index in [1.807, 2.05) is 37.9 Å². The van der Waals surface area contributed by atoms with Crippen LogP contribution in [0.4, 0.5) is 0 Å². The lowest BCUT2D eigenvalue weighted by atomic mass is 9.74. The second-order valence-electron chi connectivity index (χ2n) is 8.62. The van der Waals surface area contributed by atoms with Crippen molar-refractivity contribution in [3.8, 4) is 22.3 Å². The summed E-state index contributed by atoms with van der Waals surface area (Å²) in [5.74, 6) is 0.290. The summed E-state index contributed by atoms with van der Waals surface area (Å²) in [6.45, 7) is 1.95. The first-order valence-corrected chi connectivity index (χ1v) is 10.5. The molecule has 1 fully saturated rings. The van der Waals surface area contributed by atoms with Gasteiger partial charge in [0.25, 0.3) is 0 Å². The predicted octanol–water partition coefficient (Wildman–Crippen LogP) is 3.84. The number of H-pyrrole nitrogens is 1. The minimum atomic E-state index is -0.00109. The molecule has 1 saturated heterocycles. The lowest BCUT2D eigenvalue weighted by Gasteiger charge is -2.34. The molecule has 0 atom stereocenters. The van der Waals surface area contributed by atoms with Gasteiger partial charge in [0, 0.05) is 65.1 Å². The number of carbonyl (C=O) groups is 1. The number of fused-ring (bicyclic) bond motifs is 3. The summed E-state index contributed by atoms with van der Waals surface area (Å²) in [6.07, 6.45) is 10.5. The zero-order valence-corrected chi connectivity index (χ0v) is 16.9. The number of hydrogen-bond donors (Lipinski definition) is 2. The molecule has 6 rings (SSSR count). The smallest absolute Gasteiger partial charge is 0.164 e. The molecule has 0 unspecified atom stereocenters. The summed E-state index contributed by atoms with van der Waals surface area (Å²) in [5, 5.41) is 8.80. The topological polar surface area (TPSA) is 75.6 Å². The van der Waals surface area contributed by atoms with Crippen LogP contribution in [0.2, 0.25) is 0 Å². The standard InChI is InChI=1S/C24H23N5O/c1-29-14-17(12-28-29)16-8-19-20(13-27-23(19)26-11-16)15-2-3-18-21(9-15)24(10-22(18)30)4-6-25-7-5-24/h2-3,8-9,11-14,25H,4-7,10H2,1H3,(H,26,27). The van der Waals surface area contributed by atoms with E-state index in [9.17, 15) is 4.79 Å². The number of pyridine rings is 1. The Balaban J connectivity index is 1.48. The summed E-state index contributed by atoms with van der Waals surface area (Å²) < 4.78 is 1.80. The summed E-state index contributed by atoms with van der Waals surface area (Å²) in [5.41, 5.74) is 7.36. The van der Waals surface area contributed by atoms with Gasteiger partial charge in [-0.3, -0.25) is 9.48 Å². The van der Waals surface area contributed by atoms with Crippen LogP contribution in [0.15, 0.2) is 49.1 Å². The van der Waals surface area contributed by atoms with Gasteiger partial charge in [-0.2, -0.15) is 5.10 Å². The maximum Gasteiger partial charge on any atom is 0.164 e. The highest BCUT2D eigenvalue weighted by Crippen LogP contribution is 2.46. The number of carbonyl (C=O) groups excluding carboxylic acids is 1. The second kappa shape index (κ2) is 6.37. The molecule has 0 amide bonds. The van der Waals surface area contributed by atoms with Crippen LogP contribution < -0.4 is 5.32 Å².